The van der Waals surface area contributed by atoms with Gasteiger partial charge in [0.15, 0.2) is 0 Å². The van der Waals surface area contributed by atoms with E-state index >= 15 is 0 Å². The summed E-state index contributed by atoms with van der Waals surface area (Å²) in [5.41, 5.74) is 0. The van der Waals surface area contributed by atoms with Crippen molar-refractivity contribution in [1.82, 2.24) is 0 Å². The maximum Gasteiger partial charge on any atom is 0.309 e. The topological polar surface area (TPSA) is 52.6 Å². The van der Waals surface area contributed by atoms with Crippen molar-refractivity contribution in [2.75, 3.05) is 6.61 Å². The van der Waals surface area contributed by atoms with Crippen molar-refractivity contribution in [3.63, 3.8) is 0 Å². The van der Waals surface area contributed by atoms with E-state index in [4.69, 9.17) is 9.47 Å². The fourth-order valence-corrected chi connectivity index (χ4v) is 1.13. The van der Waals surface area contributed by atoms with Gasteiger partial charge < -0.3 is 9.47 Å². The van der Waals surface area contributed by atoms with Gasteiger partial charge in [0.2, 0.25) is 0 Å². The maximum absolute atomic E-state index is 10.9. The standard InChI is InChI=1S/C8H12O4/c1-2-11-8(10)5-6-3-4-7(9)12-6/h6H,2-5H2,1H3. The van der Waals surface area contributed by atoms with Crippen LogP contribution in [0.4, 0.5) is 0 Å². The number of hydrogen-bond acceptors (Lipinski definition) is 4. The van der Waals surface area contributed by atoms with E-state index in [1.54, 1.807) is 6.92 Å². The van der Waals surface area contributed by atoms with E-state index in [-0.39, 0.29) is 24.5 Å². The van der Waals surface area contributed by atoms with Crippen LogP contribution < -0.4 is 0 Å². The molecule has 0 N–H and O–H groups in total. The lowest BCUT2D eigenvalue weighted by molar-refractivity contribution is -0.149. The Balaban J connectivity index is 2.23. The highest BCUT2D eigenvalue weighted by Gasteiger charge is 2.25. The highest BCUT2D eigenvalue weighted by Crippen LogP contribution is 2.16. The number of hydrogen-bond donors (Lipinski definition) is 0. The summed E-state index contributed by atoms with van der Waals surface area (Å²) in [6.45, 7) is 2.12. The Hall–Kier alpha value is -1.06. The summed E-state index contributed by atoms with van der Waals surface area (Å²) in [5, 5.41) is 0. The molecular formula is C8H12O4. The number of ether oxygens (including phenoxy) is 2. The largest absolute Gasteiger partial charge is 0.466 e. The number of cyclic esters (lactones) is 1. The van der Waals surface area contributed by atoms with Crippen molar-refractivity contribution >= 4 is 11.9 Å². The third-order valence-electron chi connectivity index (χ3n) is 1.67. The SMILES string of the molecule is CCOC(=O)CC1CCC(=O)O1. The lowest BCUT2D eigenvalue weighted by Crippen LogP contribution is -2.15. The molecule has 0 aromatic heterocycles. The lowest BCUT2D eigenvalue weighted by Gasteiger charge is -2.07. The van der Waals surface area contributed by atoms with Crippen molar-refractivity contribution in [2.45, 2.75) is 32.3 Å². The van der Waals surface area contributed by atoms with Gasteiger partial charge in [-0.25, -0.2) is 0 Å². The summed E-state index contributed by atoms with van der Waals surface area (Å²) in [6, 6.07) is 0. The molecule has 4 nitrogen and oxygen atoms in total. The fourth-order valence-electron chi connectivity index (χ4n) is 1.13. The van der Waals surface area contributed by atoms with E-state index in [0.29, 0.717) is 19.4 Å². The van der Waals surface area contributed by atoms with Crippen molar-refractivity contribution in [3.05, 3.63) is 0 Å². The van der Waals surface area contributed by atoms with Crippen LogP contribution in [0.25, 0.3) is 0 Å². The summed E-state index contributed by atoms with van der Waals surface area (Å²) < 4.78 is 9.55. The summed E-state index contributed by atoms with van der Waals surface area (Å²) in [4.78, 5) is 21.5. The lowest BCUT2D eigenvalue weighted by atomic mass is 10.2. The predicted molar refractivity (Wildman–Crippen MR) is 40.4 cm³/mol. The van der Waals surface area contributed by atoms with Crippen LogP contribution in [0.15, 0.2) is 0 Å². The minimum Gasteiger partial charge on any atom is -0.466 e. The molecule has 0 radical (unpaired) electrons. The average molecular weight is 172 g/mol. The van der Waals surface area contributed by atoms with E-state index in [1.807, 2.05) is 0 Å². The molecule has 0 bridgehead atoms. The molecule has 0 aromatic rings. The van der Waals surface area contributed by atoms with E-state index in [9.17, 15) is 9.59 Å². The second-order valence-corrected chi connectivity index (χ2v) is 2.66. The second kappa shape index (κ2) is 4.09. The normalized spacial score (nSPS) is 22.1. The molecule has 0 amide bonds. The van der Waals surface area contributed by atoms with Gasteiger partial charge in [0.1, 0.15) is 6.10 Å². The molecule has 0 spiro atoms. The summed E-state index contributed by atoms with van der Waals surface area (Å²) in [6.07, 6.45) is 0.998. The van der Waals surface area contributed by atoms with E-state index in [1.165, 1.54) is 0 Å². The Morgan fingerprint density at radius 2 is 2.50 bits per heavy atom. The van der Waals surface area contributed by atoms with E-state index in [0.717, 1.165) is 0 Å². The van der Waals surface area contributed by atoms with Crippen molar-refractivity contribution in [3.8, 4) is 0 Å². The van der Waals surface area contributed by atoms with Crippen molar-refractivity contribution < 1.29 is 19.1 Å². The minimum absolute atomic E-state index is 0.194. The summed E-state index contributed by atoms with van der Waals surface area (Å²) >= 11 is 0. The Bertz CT molecular complexity index is 187. The van der Waals surface area contributed by atoms with Gasteiger partial charge in [0.25, 0.3) is 0 Å². The highest BCUT2D eigenvalue weighted by molar-refractivity contribution is 5.74. The van der Waals surface area contributed by atoms with Crippen LogP contribution in [-0.4, -0.2) is 24.6 Å². The smallest absolute Gasteiger partial charge is 0.309 e. The molecule has 68 valence electrons. The molecule has 1 atom stereocenters. The molecule has 1 fully saturated rings. The summed E-state index contributed by atoms with van der Waals surface area (Å²) in [5.74, 6) is -0.513. The van der Waals surface area contributed by atoms with Crippen LogP contribution in [-0.2, 0) is 19.1 Å². The van der Waals surface area contributed by atoms with Gasteiger partial charge in [0, 0.05) is 6.42 Å². The Kier molecular flexibility index (Phi) is 3.08. The van der Waals surface area contributed by atoms with Gasteiger partial charge in [-0.05, 0) is 13.3 Å². The Labute approximate surface area is 70.8 Å². The maximum atomic E-state index is 10.9. The average Bonchev–Trinajstić information content (AvgIpc) is 2.36. The molecule has 4 heteroatoms. The van der Waals surface area contributed by atoms with Gasteiger partial charge in [-0.15, -0.1) is 0 Å². The van der Waals surface area contributed by atoms with Crippen LogP contribution in [0.2, 0.25) is 0 Å². The van der Waals surface area contributed by atoms with Crippen LogP contribution in [0.3, 0.4) is 0 Å². The zero-order valence-electron chi connectivity index (χ0n) is 7.04. The second-order valence-electron chi connectivity index (χ2n) is 2.66. The first-order chi connectivity index (χ1) is 5.72. The number of rotatable bonds is 3. The quantitative estimate of drug-likeness (QED) is 0.586. The third-order valence-corrected chi connectivity index (χ3v) is 1.67. The predicted octanol–water partition coefficient (Wildman–Crippen LogP) is 0.645. The molecule has 1 saturated heterocycles. The van der Waals surface area contributed by atoms with E-state index < -0.39 is 0 Å². The summed E-state index contributed by atoms with van der Waals surface area (Å²) in [7, 11) is 0. The zero-order chi connectivity index (χ0) is 8.97. The number of carbonyl (C=O) groups excluding carboxylic acids is 2. The van der Waals surface area contributed by atoms with Gasteiger partial charge in [-0.2, -0.15) is 0 Å². The molecule has 1 heterocycles. The monoisotopic (exact) mass is 172 g/mol. The molecule has 12 heavy (non-hydrogen) atoms. The molecule has 1 unspecified atom stereocenters. The van der Waals surface area contributed by atoms with Gasteiger partial charge >= 0.3 is 11.9 Å². The van der Waals surface area contributed by atoms with Crippen LogP contribution in [0.5, 0.6) is 0 Å². The van der Waals surface area contributed by atoms with Gasteiger partial charge in [-0.3, -0.25) is 9.59 Å². The first-order valence-corrected chi connectivity index (χ1v) is 4.07. The van der Waals surface area contributed by atoms with Gasteiger partial charge in [0.05, 0.1) is 13.0 Å². The molecule has 0 aromatic carbocycles. The first-order valence-electron chi connectivity index (χ1n) is 4.07. The third kappa shape index (κ3) is 2.53. The van der Waals surface area contributed by atoms with Crippen LogP contribution in [0, 0.1) is 0 Å². The van der Waals surface area contributed by atoms with Crippen molar-refractivity contribution in [1.29, 1.82) is 0 Å². The van der Waals surface area contributed by atoms with Crippen LogP contribution in [0.1, 0.15) is 26.2 Å². The number of carbonyl (C=O) groups is 2. The molecule has 0 saturated carbocycles. The minimum atomic E-state index is -0.294. The zero-order valence-corrected chi connectivity index (χ0v) is 7.04. The number of esters is 2. The molecular weight excluding hydrogens is 160 g/mol. The Morgan fingerprint density at radius 3 is 3.00 bits per heavy atom. The van der Waals surface area contributed by atoms with E-state index in [2.05, 4.69) is 0 Å². The molecule has 0 aliphatic carbocycles. The van der Waals surface area contributed by atoms with Gasteiger partial charge in [-0.1, -0.05) is 0 Å². The van der Waals surface area contributed by atoms with Crippen LogP contribution >= 0.6 is 0 Å². The molecule has 1 rings (SSSR count). The first kappa shape index (κ1) is 9.03. The highest BCUT2D eigenvalue weighted by atomic mass is 16.6. The Morgan fingerprint density at radius 1 is 1.75 bits per heavy atom. The molecule has 1 aliphatic rings. The fraction of sp³-hybridized carbons (Fsp3) is 0.750. The van der Waals surface area contributed by atoms with Crippen molar-refractivity contribution in [2.24, 2.45) is 0 Å². The molecule has 1 aliphatic heterocycles.